The van der Waals surface area contributed by atoms with Crippen LogP contribution in [0.1, 0.15) is 6.42 Å². The van der Waals surface area contributed by atoms with Crippen molar-refractivity contribution in [1.29, 1.82) is 0 Å². The van der Waals surface area contributed by atoms with E-state index in [1.165, 1.54) is 0 Å². The molecule has 5 N–H and O–H groups in total. The van der Waals surface area contributed by atoms with Crippen molar-refractivity contribution in [3.63, 3.8) is 0 Å². The van der Waals surface area contributed by atoms with Gasteiger partial charge in [0, 0.05) is 30.7 Å². The highest BCUT2D eigenvalue weighted by Gasteiger charge is 2.24. The Labute approximate surface area is 129 Å². The molecule has 0 saturated carbocycles. The molecule has 1 amide bonds. The number of carbonyl (C=O) groups excluding carboxylic acids is 1. The summed E-state index contributed by atoms with van der Waals surface area (Å²) in [6.07, 6.45) is 2.68. The second kappa shape index (κ2) is 5.63. The van der Waals surface area contributed by atoms with Crippen molar-refractivity contribution in [2.24, 2.45) is 5.73 Å². The first-order valence-electron chi connectivity index (χ1n) is 6.67. The standard InChI is InChI=1S/C13H16BrN5O2/c14-9-4-16-13-8(3-10(18-13)17-11(21)6-20)12(9)19-2-1-7(15)5-19/h3-4,7,20H,1-2,5-6,15H2,(H,16,18)(H,17,21)/t7-/m1/s1. The van der Waals surface area contributed by atoms with E-state index in [2.05, 4.69) is 36.1 Å². The van der Waals surface area contributed by atoms with Gasteiger partial charge in [-0.2, -0.15) is 0 Å². The lowest BCUT2D eigenvalue weighted by Crippen LogP contribution is -2.26. The van der Waals surface area contributed by atoms with E-state index in [1.807, 2.05) is 6.07 Å². The summed E-state index contributed by atoms with van der Waals surface area (Å²) < 4.78 is 0.892. The number of aliphatic hydroxyl groups is 1. The number of hydrogen-bond acceptors (Lipinski definition) is 5. The van der Waals surface area contributed by atoms with E-state index in [9.17, 15) is 4.79 Å². The van der Waals surface area contributed by atoms with Gasteiger partial charge in [-0.15, -0.1) is 0 Å². The quantitative estimate of drug-likeness (QED) is 0.652. The van der Waals surface area contributed by atoms with Crippen LogP contribution in [0.5, 0.6) is 0 Å². The van der Waals surface area contributed by atoms with E-state index in [4.69, 9.17) is 10.8 Å². The van der Waals surface area contributed by atoms with Gasteiger partial charge in [-0.3, -0.25) is 4.79 Å². The summed E-state index contributed by atoms with van der Waals surface area (Å²) in [7, 11) is 0. The average Bonchev–Trinajstić information content (AvgIpc) is 3.04. The first-order valence-corrected chi connectivity index (χ1v) is 7.46. The molecule has 0 bridgehead atoms. The molecule has 2 aromatic rings. The first kappa shape index (κ1) is 14.3. The third-order valence-electron chi connectivity index (χ3n) is 3.54. The summed E-state index contributed by atoms with van der Waals surface area (Å²) in [5, 5.41) is 12.3. The molecule has 1 saturated heterocycles. The maximum absolute atomic E-state index is 11.3. The van der Waals surface area contributed by atoms with Gasteiger partial charge in [0.05, 0.1) is 10.2 Å². The van der Waals surface area contributed by atoms with Gasteiger partial charge in [-0.1, -0.05) is 0 Å². The first-order chi connectivity index (χ1) is 10.1. The van der Waals surface area contributed by atoms with Gasteiger partial charge in [0.2, 0.25) is 0 Å². The smallest absolute Gasteiger partial charge is 0.251 e. The number of carbonyl (C=O) groups is 1. The number of aromatic nitrogens is 2. The molecule has 3 rings (SSSR count). The lowest BCUT2D eigenvalue weighted by atomic mass is 10.2. The van der Waals surface area contributed by atoms with Crippen LogP contribution in [0.3, 0.4) is 0 Å². The number of H-pyrrole nitrogens is 1. The third kappa shape index (κ3) is 2.74. The SMILES string of the molecule is N[C@@H]1CCN(c2c(Br)cnc3[nH]c(NC(=O)CO)cc23)C1. The molecule has 1 atom stereocenters. The Morgan fingerprint density at radius 2 is 2.48 bits per heavy atom. The molecule has 0 unspecified atom stereocenters. The lowest BCUT2D eigenvalue weighted by Gasteiger charge is -2.20. The molecule has 7 nitrogen and oxygen atoms in total. The lowest BCUT2D eigenvalue weighted by molar-refractivity contribution is -0.118. The van der Waals surface area contributed by atoms with Crippen LogP contribution in [0, 0.1) is 0 Å². The topological polar surface area (TPSA) is 107 Å². The second-order valence-corrected chi connectivity index (χ2v) is 5.96. The summed E-state index contributed by atoms with van der Waals surface area (Å²) in [4.78, 5) is 20.8. The number of nitrogens with two attached hydrogens (primary N) is 1. The average molecular weight is 354 g/mol. The third-order valence-corrected chi connectivity index (χ3v) is 4.12. The number of nitrogens with one attached hydrogen (secondary N) is 2. The number of fused-ring (bicyclic) bond motifs is 1. The van der Waals surface area contributed by atoms with Crippen LogP contribution in [-0.2, 0) is 4.79 Å². The fraction of sp³-hybridized carbons (Fsp3) is 0.385. The van der Waals surface area contributed by atoms with Crippen molar-refractivity contribution >= 4 is 44.4 Å². The number of aromatic amines is 1. The Morgan fingerprint density at radius 1 is 1.67 bits per heavy atom. The monoisotopic (exact) mass is 353 g/mol. The van der Waals surface area contributed by atoms with Gasteiger partial charge < -0.3 is 26.0 Å². The molecule has 3 heterocycles. The minimum atomic E-state index is -0.555. The second-order valence-electron chi connectivity index (χ2n) is 5.10. The number of hydrogen-bond donors (Lipinski definition) is 4. The zero-order chi connectivity index (χ0) is 15.0. The molecule has 0 aromatic carbocycles. The molecule has 21 heavy (non-hydrogen) atoms. The molecule has 0 radical (unpaired) electrons. The fourth-order valence-electron chi connectivity index (χ4n) is 2.61. The molecule has 0 aliphatic carbocycles. The summed E-state index contributed by atoms with van der Waals surface area (Å²) >= 11 is 3.53. The van der Waals surface area contributed by atoms with Crippen LogP contribution >= 0.6 is 15.9 Å². The van der Waals surface area contributed by atoms with Crippen LogP contribution in [-0.4, -0.2) is 46.7 Å². The minimum Gasteiger partial charge on any atom is -0.387 e. The van der Waals surface area contributed by atoms with E-state index in [1.54, 1.807) is 6.20 Å². The van der Waals surface area contributed by atoms with Crippen LogP contribution in [0.25, 0.3) is 11.0 Å². The number of pyridine rings is 1. The molecule has 1 fully saturated rings. The van der Waals surface area contributed by atoms with Gasteiger partial charge >= 0.3 is 0 Å². The summed E-state index contributed by atoms with van der Waals surface area (Å²) in [6, 6.07) is 1.99. The van der Waals surface area contributed by atoms with Crippen molar-refractivity contribution in [3.05, 3.63) is 16.7 Å². The molecule has 2 aromatic heterocycles. The van der Waals surface area contributed by atoms with Gasteiger partial charge in [-0.25, -0.2) is 4.98 Å². The largest absolute Gasteiger partial charge is 0.387 e. The van der Waals surface area contributed by atoms with E-state index >= 15 is 0 Å². The van der Waals surface area contributed by atoms with Gasteiger partial charge in [0.15, 0.2) is 0 Å². The van der Waals surface area contributed by atoms with Crippen molar-refractivity contribution in [1.82, 2.24) is 9.97 Å². The van der Waals surface area contributed by atoms with Crippen molar-refractivity contribution < 1.29 is 9.90 Å². The molecular formula is C13H16BrN5O2. The minimum absolute atomic E-state index is 0.174. The van der Waals surface area contributed by atoms with E-state index in [0.29, 0.717) is 11.5 Å². The van der Waals surface area contributed by atoms with Gasteiger partial charge in [0.1, 0.15) is 18.1 Å². The molecule has 0 spiro atoms. The van der Waals surface area contributed by atoms with Crippen LogP contribution in [0.4, 0.5) is 11.5 Å². The van der Waals surface area contributed by atoms with Crippen molar-refractivity contribution in [2.75, 3.05) is 29.9 Å². The van der Waals surface area contributed by atoms with E-state index < -0.39 is 12.5 Å². The van der Waals surface area contributed by atoms with Crippen molar-refractivity contribution in [2.45, 2.75) is 12.5 Å². The maximum Gasteiger partial charge on any atom is 0.251 e. The number of nitrogens with zero attached hydrogens (tertiary/aromatic N) is 2. The Balaban J connectivity index is 2.02. The Hall–Kier alpha value is -1.64. The summed E-state index contributed by atoms with van der Waals surface area (Å²) in [5.74, 6) is 0.0461. The molecule has 112 valence electrons. The van der Waals surface area contributed by atoms with Gasteiger partial charge in [-0.05, 0) is 28.4 Å². The zero-order valence-corrected chi connectivity index (χ0v) is 12.9. The number of amides is 1. The Bertz CT molecular complexity index is 686. The predicted octanol–water partition coefficient (Wildman–Crippen LogP) is 0.794. The Kier molecular flexibility index (Phi) is 3.83. The molecule has 8 heteroatoms. The predicted molar refractivity (Wildman–Crippen MR) is 84.3 cm³/mol. The molecule has 1 aliphatic heterocycles. The van der Waals surface area contributed by atoms with Crippen LogP contribution in [0.2, 0.25) is 0 Å². The summed E-state index contributed by atoms with van der Waals surface area (Å²) in [6.45, 7) is 1.13. The van der Waals surface area contributed by atoms with Gasteiger partial charge in [0.25, 0.3) is 5.91 Å². The number of aliphatic hydroxyl groups excluding tert-OH is 1. The number of rotatable bonds is 3. The van der Waals surface area contributed by atoms with Crippen molar-refractivity contribution in [3.8, 4) is 0 Å². The normalized spacial score (nSPS) is 18.4. The highest BCUT2D eigenvalue weighted by molar-refractivity contribution is 9.10. The Morgan fingerprint density at radius 3 is 3.14 bits per heavy atom. The summed E-state index contributed by atoms with van der Waals surface area (Å²) in [5.41, 5.74) is 7.68. The number of anilines is 2. The molecular weight excluding hydrogens is 338 g/mol. The van der Waals surface area contributed by atoms with Crippen LogP contribution in [0.15, 0.2) is 16.7 Å². The zero-order valence-electron chi connectivity index (χ0n) is 11.3. The van der Waals surface area contributed by atoms with Crippen LogP contribution < -0.4 is 16.0 Å². The maximum atomic E-state index is 11.3. The van der Waals surface area contributed by atoms with E-state index in [0.717, 1.165) is 35.1 Å². The fourth-order valence-corrected chi connectivity index (χ4v) is 3.17. The number of halogens is 1. The highest BCUT2D eigenvalue weighted by atomic mass is 79.9. The van der Waals surface area contributed by atoms with E-state index in [-0.39, 0.29) is 6.04 Å². The molecule has 1 aliphatic rings. The highest BCUT2D eigenvalue weighted by Crippen LogP contribution is 2.36.